The van der Waals surface area contributed by atoms with Gasteiger partial charge in [-0.3, -0.25) is 4.90 Å². The van der Waals surface area contributed by atoms with Crippen LogP contribution in [0.4, 0.5) is 5.69 Å². The van der Waals surface area contributed by atoms with Crippen LogP contribution < -0.4 is 9.64 Å². The summed E-state index contributed by atoms with van der Waals surface area (Å²) in [5.41, 5.74) is 3.57. The van der Waals surface area contributed by atoms with Crippen LogP contribution in [0.5, 0.6) is 5.75 Å². The maximum Gasteiger partial charge on any atom is 0.123 e. The first-order valence-corrected chi connectivity index (χ1v) is 10.5. The Bertz CT molecular complexity index is 857. The van der Waals surface area contributed by atoms with Gasteiger partial charge in [-0.05, 0) is 56.4 Å². The lowest BCUT2D eigenvalue weighted by Crippen LogP contribution is -2.34. The number of hydrogen-bond acceptors (Lipinski definition) is 5. The summed E-state index contributed by atoms with van der Waals surface area (Å²) in [5.74, 6) is 0.921. The third-order valence-corrected chi connectivity index (χ3v) is 5.45. The van der Waals surface area contributed by atoms with Gasteiger partial charge in [0.15, 0.2) is 0 Å². The summed E-state index contributed by atoms with van der Waals surface area (Å²) in [6, 6.07) is 14.6. The molecule has 2 aromatic rings. The number of benzene rings is 2. The number of anilines is 1. The van der Waals surface area contributed by atoms with Gasteiger partial charge in [-0.15, -0.1) is 0 Å². The summed E-state index contributed by atoms with van der Waals surface area (Å²) in [6.07, 6.45) is 4.38. The van der Waals surface area contributed by atoms with E-state index >= 15 is 0 Å². The van der Waals surface area contributed by atoms with E-state index in [1.807, 2.05) is 38.1 Å². The van der Waals surface area contributed by atoms with Gasteiger partial charge in [0.05, 0.1) is 5.60 Å². The van der Waals surface area contributed by atoms with Crippen molar-refractivity contribution in [1.29, 1.82) is 0 Å². The highest BCUT2D eigenvalue weighted by atomic mass is 16.5. The Hall–Kier alpha value is -2.34. The van der Waals surface area contributed by atoms with Crippen molar-refractivity contribution < 1.29 is 9.84 Å². The van der Waals surface area contributed by atoms with Crippen LogP contribution in [0, 0.1) is 0 Å². The molecule has 0 spiro atoms. The van der Waals surface area contributed by atoms with Gasteiger partial charge in [0, 0.05) is 51.5 Å². The maximum absolute atomic E-state index is 10.9. The first-order chi connectivity index (χ1) is 14.2. The molecule has 1 aliphatic rings. The molecule has 0 radical (unpaired) electrons. The summed E-state index contributed by atoms with van der Waals surface area (Å²) in [7, 11) is 8.05. The predicted octanol–water partition coefficient (Wildman–Crippen LogP) is 3.43. The molecule has 30 heavy (non-hydrogen) atoms. The van der Waals surface area contributed by atoms with Gasteiger partial charge in [0.1, 0.15) is 12.4 Å². The lowest BCUT2D eigenvalue weighted by Gasteiger charge is -2.28. The zero-order valence-corrected chi connectivity index (χ0v) is 18.9. The summed E-state index contributed by atoms with van der Waals surface area (Å²) >= 11 is 0. The van der Waals surface area contributed by atoms with Crippen molar-refractivity contribution in [2.45, 2.75) is 19.1 Å². The van der Waals surface area contributed by atoms with Gasteiger partial charge in [-0.2, -0.15) is 0 Å². The normalized spacial score (nSPS) is 16.8. The molecule has 1 unspecified atom stereocenters. The molecule has 1 heterocycles. The van der Waals surface area contributed by atoms with Gasteiger partial charge < -0.3 is 19.6 Å². The van der Waals surface area contributed by atoms with Crippen molar-refractivity contribution in [3.05, 3.63) is 65.2 Å². The first kappa shape index (κ1) is 22.3. The smallest absolute Gasteiger partial charge is 0.123 e. The van der Waals surface area contributed by atoms with Crippen LogP contribution in [0.15, 0.2) is 48.5 Å². The quantitative estimate of drug-likeness (QED) is 0.759. The topological polar surface area (TPSA) is 39.2 Å². The van der Waals surface area contributed by atoms with E-state index in [2.05, 4.69) is 66.4 Å². The van der Waals surface area contributed by atoms with E-state index in [4.69, 9.17) is 4.74 Å². The Balaban J connectivity index is 1.67. The average molecular weight is 410 g/mol. The van der Waals surface area contributed by atoms with Crippen LogP contribution in [-0.2, 0) is 12.1 Å². The minimum atomic E-state index is -0.895. The van der Waals surface area contributed by atoms with E-state index in [-0.39, 0.29) is 0 Å². The number of likely N-dealkylation sites (N-methyl/N-ethyl adjacent to an activating group) is 1. The van der Waals surface area contributed by atoms with Gasteiger partial charge in [0.25, 0.3) is 0 Å². The second-order valence-corrected chi connectivity index (χ2v) is 8.81. The highest BCUT2D eigenvalue weighted by Gasteiger charge is 2.26. The van der Waals surface area contributed by atoms with Crippen LogP contribution in [0.1, 0.15) is 23.6 Å². The Kier molecular flexibility index (Phi) is 7.19. The molecule has 1 aliphatic heterocycles. The van der Waals surface area contributed by atoms with Crippen molar-refractivity contribution in [3.63, 3.8) is 0 Å². The second-order valence-electron chi connectivity index (χ2n) is 8.81. The van der Waals surface area contributed by atoms with Crippen molar-refractivity contribution in [2.24, 2.45) is 0 Å². The maximum atomic E-state index is 10.9. The highest BCUT2D eigenvalue weighted by molar-refractivity contribution is 5.55. The molecular weight excluding hydrogens is 374 g/mol. The molecule has 0 aliphatic carbocycles. The molecule has 0 bridgehead atoms. The van der Waals surface area contributed by atoms with Crippen LogP contribution in [0.2, 0.25) is 0 Å². The SMILES string of the molecule is CN(C)CC(C)(O)c1ccc2c(c1)CN(C/C=C/c1ccc(N(C)C)cc1)CCO2. The average Bonchev–Trinajstić information content (AvgIpc) is 2.88. The number of rotatable bonds is 7. The summed E-state index contributed by atoms with van der Waals surface area (Å²) in [4.78, 5) is 6.48. The predicted molar refractivity (Wildman–Crippen MR) is 125 cm³/mol. The molecular formula is C25H35N3O2. The lowest BCUT2D eigenvalue weighted by molar-refractivity contribution is 0.0299. The molecule has 0 fully saturated rings. The second kappa shape index (κ2) is 9.65. The fraction of sp³-hybridized carbons (Fsp3) is 0.440. The number of fused-ring (bicyclic) bond motifs is 1. The molecule has 5 nitrogen and oxygen atoms in total. The largest absolute Gasteiger partial charge is 0.492 e. The monoisotopic (exact) mass is 409 g/mol. The standard InChI is InChI=1S/C25H35N3O2/c1-25(29,19-26(2)3)22-10-13-24-21(17-22)18-28(15-16-30-24)14-6-7-20-8-11-23(12-9-20)27(4)5/h6-13,17,29H,14-16,18-19H2,1-5H3/b7-6+. The van der Waals surface area contributed by atoms with Crippen LogP contribution in [0.3, 0.4) is 0 Å². The Morgan fingerprint density at radius 2 is 1.83 bits per heavy atom. The summed E-state index contributed by atoms with van der Waals surface area (Å²) in [6.45, 7) is 5.66. The molecule has 3 rings (SSSR count). The summed E-state index contributed by atoms with van der Waals surface area (Å²) in [5, 5.41) is 10.9. The van der Waals surface area contributed by atoms with Crippen molar-refractivity contribution in [2.75, 3.05) is 59.3 Å². The zero-order valence-electron chi connectivity index (χ0n) is 18.9. The fourth-order valence-corrected chi connectivity index (χ4v) is 3.87. The van der Waals surface area contributed by atoms with E-state index in [0.29, 0.717) is 13.2 Å². The van der Waals surface area contributed by atoms with Crippen LogP contribution in [-0.4, -0.2) is 69.3 Å². The number of nitrogens with zero attached hydrogens (tertiary/aromatic N) is 3. The molecule has 1 N–H and O–H groups in total. The van der Waals surface area contributed by atoms with E-state index in [1.165, 1.54) is 11.3 Å². The van der Waals surface area contributed by atoms with E-state index < -0.39 is 5.60 Å². The van der Waals surface area contributed by atoms with E-state index in [1.54, 1.807) is 0 Å². The fourth-order valence-electron chi connectivity index (χ4n) is 3.87. The minimum absolute atomic E-state index is 0.575. The zero-order chi connectivity index (χ0) is 21.7. The Morgan fingerprint density at radius 3 is 2.50 bits per heavy atom. The van der Waals surface area contributed by atoms with Gasteiger partial charge in [-0.1, -0.05) is 30.4 Å². The summed E-state index contributed by atoms with van der Waals surface area (Å²) < 4.78 is 5.97. The molecule has 162 valence electrons. The van der Waals surface area contributed by atoms with E-state index in [9.17, 15) is 5.11 Å². The van der Waals surface area contributed by atoms with Crippen LogP contribution in [0.25, 0.3) is 6.08 Å². The Morgan fingerprint density at radius 1 is 1.10 bits per heavy atom. The molecule has 0 amide bonds. The first-order valence-electron chi connectivity index (χ1n) is 10.5. The molecule has 0 aromatic heterocycles. The van der Waals surface area contributed by atoms with Crippen molar-refractivity contribution in [1.82, 2.24) is 9.80 Å². The molecule has 0 saturated heterocycles. The van der Waals surface area contributed by atoms with Gasteiger partial charge in [-0.25, -0.2) is 0 Å². The number of aliphatic hydroxyl groups is 1. The molecule has 2 aromatic carbocycles. The van der Waals surface area contributed by atoms with Crippen molar-refractivity contribution >= 4 is 11.8 Å². The molecule has 5 heteroatoms. The minimum Gasteiger partial charge on any atom is -0.492 e. The third kappa shape index (κ3) is 5.85. The molecule has 0 saturated carbocycles. The van der Waals surface area contributed by atoms with Crippen molar-refractivity contribution in [3.8, 4) is 5.75 Å². The van der Waals surface area contributed by atoms with Gasteiger partial charge in [0.2, 0.25) is 0 Å². The van der Waals surface area contributed by atoms with Crippen LogP contribution >= 0.6 is 0 Å². The third-order valence-electron chi connectivity index (χ3n) is 5.45. The number of ether oxygens (including phenoxy) is 1. The molecule has 1 atom stereocenters. The lowest BCUT2D eigenvalue weighted by atomic mass is 9.93. The van der Waals surface area contributed by atoms with Gasteiger partial charge >= 0.3 is 0 Å². The van der Waals surface area contributed by atoms with E-state index in [0.717, 1.165) is 36.5 Å². The number of hydrogen-bond donors (Lipinski definition) is 1. The highest BCUT2D eigenvalue weighted by Crippen LogP contribution is 2.29. The Labute approximate surface area is 181 Å².